The lowest BCUT2D eigenvalue weighted by Crippen LogP contribution is -2.48. The van der Waals surface area contributed by atoms with Gasteiger partial charge in [-0.05, 0) is 31.0 Å². The highest BCUT2D eigenvalue weighted by Crippen LogP contribution is 2.17. The van der Waals surface area contributed by atoms with Crippen LogP contribution in [0.1, 0.15) is 38.2 Å². The molecule has 1 amide bonds. The summed E-state index contributed by atoms with van der Waals surface area (Å²) in [5.74, 6) is 0.132. The summed E-state index contributed by atoms with van der Waals surface area (Å²) in [4.78, 5) is 17.0. The Morgan fingerprint density at radius 1 is 1.28 bits per heavy atom. The van der Waals surface area contributed by atoms with Crippen LogP contribution in [0.2, 0.25) is 0 Å². The maximum atomic E-state index is 12.1. The number of nitrogens with one attached hydrogen (secondary N) is 1. The molecule has 1 aromatic rings. The third kappa shape index (κ3) is 6.67. The van der Waals surface area contributed by atoms with Crippen molar-refractivity contribution < 1.29 is 4.79 Å². The van der Waals surface area contributed by atoms with Gasteiger partial charge in [-0.25, -0.2) is 0 Å². The minimum atomic E-state index is 0.130. The van der Waals surface area contributed by atoms with Crippen LogP contribution < -0.4 is 16.0 Å². The van der Waals surface area contributed by atoms with Gasteiger partial charge >= 0.3 is 0 Å². The molecule has 0 radical (unpaired) electrons. The van der Waals surface area contributed by atoms with Gasteiger partial charge in [-0.3, -0.25) is 9.69 Å². The quantitative estimate of drug-likeness (QED) is 0.719. The number of amides is 1. The SMILES string of the molecule is CCCCC(CN)NC(=O)CCN1CCN(c2cccc(C)c2)CC1. The molecular weight excluding hydrogens is 312 g/mol. The van der Waals surface area contributed by atoms with Crippen molar-refractivity contribution in [2.75, 3.05) is 44.2 Å². The first-order valence-corrected chi connectivity index (χ1v) is 9.65. The van der Waals surface area contributed by atoms with Gasteiger partial charge in [-0.1, -0.05) is 31.9 Å². The van der Waals surface area contributed by atoms with Gasteiger partial charge in [0.1, 0.15) is 0 Å². The van der Waals surface area contributed by atoms with Crippen molar-refractivity contribution in [2.45, 2.75) is 45.6 Å². The molecule has 1 saturated heterocycles. The zero-order valence-electron chi connectivity index (χ0n) is 15.8. The second-order valence-corrected chi connectivity index (χ2v) is 7.06. The fourth-order valence-corrected chi connectivity index (χ4v) is 3.31. The normalized spacial score (nSPS) is 16.7. The van der Waals surface area contributed by atoms with E-state index in [1.54, 1.807) is 0 Å². The molecule has 0 bridgehead atoms. The molecule has 5 heteroatoms. The molecule has 1 aliphatic rings. The zero-order chi connectivity index (χ0) is 18.1. The second-order valence-electron chi connectivity index (χ2n) is 7.06. The predicted molar refractivity (Wildman–Crippen MR) is 105 cm³/mol. The van der Waals surface area contributed by atoms with Gasteiger partial charge in [0.2, 0.25) is 5.91 Å². The number of hydrogen-bond donors (Lipinski definition) is 2. The number of carbonyl (C=O) groups excluding carboxylic acids is 1. The average molecular weight is 347 g/mol. The molecule has 0 aromatic heterocycles. The molecule has 1 aliphatic heterocycles. The van der Waals surface area contributed by atoms with Gasteiger partial charge in [0.05, 0.1) is 0 Å². The monoisotopic (exact) mass is 346 g/mol. The van der Waals surface area contributed by atoms with E-state index in [9.17, 15) is 4.79 Å². The van der Waals surface area contributed by atoms with Crippen molar-refractivity contribution in [2.24, 2.45) is 5.73 Å². The molecule has 1 heterocycles. The molecule has 140 valence electrons. The number of piperazine rings is 1. The summed E-state index contributed by atoms with van der Waals surface area (Å²) >= 11 is 0. The first kappa shape index (κ1) is 19.7. The number of carbonyl (C=O) groups is 1. The highest BCUT2D eigenvalue weighted by atomic mass is 16.1. The van der Waals surface area contributed by atoms with Gasteiger partial charge in [0.25, 0.3) is 0 Å². The second kappa shape index (κ2) is 10.4. The van der Waals surface area contributed by atoms with Crippen molar-refractivity contribution in [1.82, 2.24) is 10.2 Å². The molecule has 1 aromatic carbocycles. The highest BCUT2D eigenvalue weighted by Gasteiger charge is 2.18. The molecule has 0 saturated carbocycles. The first-order valence-electron chi connectivity index (χ1n) is 9.65. The Kier molecular flexibility index (Phi) is 8.22. The van der Waals surface area contributed by atoms with E-state index in [0.717, 1.165) is 52.0 Å². The molecule has 5 nitrogen and oxygen atoms in total. The number of nitrogens with zero attached hydrogens (tertiary/aromatic N) is 2. The van der Waals surface area contributed by atoms with E-state index in [1.807, 2.05) is 0 Å². The number of nitrogens with two attached hydrogens (primary N) is 1. The van der Waals surface area contributed by atoms with E-state index >= 15 is 0 Å². The lowest BCUT2D eigenvalue weighted by atomic mass is 10.1. The number of hydrogen-bond acceptors (Lipinski definition) is 4. The van der Waals surface area contributed by atoms with Crippen molar-refractivity contribution in [3.63, 3.8) is 0 Å². The molecule has 0 spiro atoms. The summed E-state index contributed by atoms with van der Waals surface area (Å²) in [6.45, 7) is 9.72. The molecule has 2 rings (SSSR count). The van der Waals surface area contributed by atoms with Crippen LogP contribution in [0.5, 0.6) is 0 Å². The summed E-state index contributed by atoms with van der Waals surface area (Å²) in [6.07, 6.45) is 3.79. The van der Waals surface area contributed by atoms with Crippen LogP contribution in [0.4, 0.5) is 5.69 Å². The smallest absolute Gasteiger partial charge is 0.221 e. The van der Waals surface area contributed by atoms with E-state index in [0.29, 0.717) is 13.0 Å². The zero-order valence-corrected chi connectivity index (χ0v) is 15.8. The van der Waals surface area contributed by atoms with Crippen molar-refractivity contribution in [3.8, 4) is 0 Å². The number of benzene rings is 1. The van der Waals surface area contributed by atoms with Crippen LogP contribution in [0, 0.1) is 6.92 Å². The largest absolute Gasteiger partial charge is 0.369 e. The average Bonchev–Trinajstić information content (AvgIpc) is 2.64. The number of unbranched alkanes of at least 4 members (excludes halogenated alkanes) is 1. The fraction of sp³-hybridized carbons (Fsp3) is 0.650. The fourth-order valence-electron chi connectivity index (χ4n) is 3.31. The minimum absolute atomic E-state index is 0.130. The summed E-state index contributed by atoms with van der Waals surface area (Å²) in [7, 11) is 0. The Bertz CT molecular complexity index is 526. The van der Waals surface area contributed by atoms with Crippen LogP contribution in [0.3, 0.4) is 0 Å². The lowest BCUT2D eigenvalue weighted by Gasteiger charge is -2.36. The Balaban J connectivity index is 1.68. The Morgan fingerprint density at radius 3 is 2.68 bits per heavy atom. The van der Waals surface area contributed by atoms with E-state index in [1.165, 1.54) is 11.3 Å². The summed E-state index contributed by atoms with van der Waals surface area (Å²) < 4.78 is 0. The molecule has 3 N–H and O–H groups in total. The third-order valence-electron chi connectivity index (χ3n) is 4.95. The Hall–Kier alpha value is -1.59. The van der Waals surface area contributed by atoms with Crippen LogP contribution >= 0.6 is 0 Å². The third-order valence-corrected chi connectivity index (χ3v) is 4.95. The Labute approximate surface area is 152 Å². The van der Waals surface area contributed by atoms with Crippen molar-refractivity contribution in [3.05, 3.63) is 29.8 Å². The molecule has 1 unspecified atom stereocenters. The summed E-state index contributed by atoms with van der Waals surface area (Å²) in [6, 6.07) is 8.80. The first-order chi connectivity index (χ1) is 12.1. The van der Waals surface area contributed by atoms with Crippen LogP contribution in [0.25, 0.3) is 0 Å². The maximum absolute atomic E-state index is 12.1. The van der Waals surface area contributed by atoms with Crippen molar-refractivity contribution >= 4 is 11.6 Å². The summed E-state index contributed by atoms with van der Waals surface area (Å²) in [5.41, 5.74) is 8.36. The Morgan fingerprint density at radius 2 is 2.04 bits per heavy atom. The standard InChI is InChI=1S/C20H34N4O/c1-3-4-7-18(16-21)22-20(25)9-10-23-11-13-24(14-12-23)19-8-5-6-17(2)15-19/h5-6,8,15,18H,3-4,7,9-14,16,21H2,1-2H3,(H,22,25). The van der Waals surface area contributed by atoms with E-state index in [-0.39, 0.29) is 11.9 Å². The summed E-state index contributed by atoms with van der Waals surface area (Å²) in [5, 5.41) is 3.08. The van der Waals surface area contributed by atoms with E-state index < -0.39 is 0 Å². The van der Waals surface area contributed by atoms with Gasteiger partial charge in [-0.15, -0.1) is 0 Å². The molecular formula is C20H34N4O. The van der Waals surface area contributed by atoms with E-state index in [2.05, 4.69) is 53.2 Å². The molecule has 25 heavy (non-hydrogen) atoms. The maximum Gasteiger partial charge on any atom is 0.221 e. The van der Waals surface area contributed by atoms with Gasteiger partial charge < -0.3 is 16.0 Å². The lowest BCUT2D eigenvalue weighted by molar-refractivity contribution is -0.122. The van der Waals surface area contributed by atoms with Gasteiger partial charge in [-0.2, -0.15) is 0 Å². The predicted octanol–water partition coefficient (Wildman–Crippen LogP) is 2.14. The van der Waals surface area contributed by atoms with Crippen molar-refractivity contribution in [1.29, 1.82) is 0 Å². The van der Waals surface area contributed by atoms with Gasteiger partial charge in [0, 0.05) is 57.4 Å². The highest BCUT2D eigenvalue weighted by molar-refractivity contribution is 5.76. The molecule has 0 aliphatic carbocycles. The number of anilines is 1. The van der Waals surface area contributed by atoms with E-state index in [4.69, 9.17) is 5.73 Å². The van der Waals surface area contributed by atoms with Crippen LogP contribution in [-0.4, -0.2) is 56.1 Å². The van der Waals surface area contributed by atoms with Crippen LogP contribution in [-0.2, 0) is 4.79 Å². The molecule has 1 atom stereocenters. The number of rotatable bonds is 9. The minimum Gasteiger partial charge on any atom is -0.369 e. The van der Waals surface area contributed by atoms with Gasteiger partial charge in [0.15, 0.2) is 0 Å². The number of aryl methyl sites for hydroxylation is 1. The topological polar surface area (TPSA) is 61.6 Å². The molecule has 1 fully saturated rings. The van der Waals surface area contributed by atoms with Crippen LogP contribution in [0.15, 0.2) is 24.3 Å².